The van der Waals surface area contributed by atoms with Crippen LogP contribution in [0.15, 0.2) is 84.9 Å². The van der Waals surface area contributed by atoms with Gasteiger partial charge >= 0.3 is 6.09 Å². The molecule has 0 aliphatic carbocycles. The topological polar surface area (TPSA) is 155 Å². The standard InChI is InChI=1S/C23H24ClF2N3O3S.C18H16ClF2N3OS.CH4.2ClH/c1-23(2,3)32-22(31)28-16(10-13-4-7-15(24)8-5-13)12-27-21-29-20(30)19(33-21)14-6-9-17(25)18(26)11-14;19-12-4-1-10(2-5-12)7-13(22)9-23-18-24-17(25)16(26-18)11-3-6-14(20)15(21)8-11;;;/h4-9,11,16,30H,10,12H2,1-3H3,(H,27,29)(H,28,31);1-6,8,13,25H,7,9,22H2,(H,23,24);1H4;2*1H/t16-;13-;;;/m00.../s1. The van der Waals surface area contributed by atoms with Gasteiger partial charge in [-0.2, -0.15) is 9.97 Å². The summed E-state index contributed by atoms with van der Waals surface area (Å²) in [6.45, 7) is 6.03. The highest BCUT2D eigenvalue weighted by atomic mass is 35.5. The number of carbonyl (C=O) groups is 1. The third kappa shape index (κ3) is 16.3. The van der Waals surface area contributed by atoms with E-state index < -0.39 is 35.0 Å². The number of aromatic nitrogens is 2. The number of nitrogens with zero attached hydrogens (tertiary/aromatic N) is 2. The molecule has 10 nitrogen and oxygen atoms in total. The Balaban J connectivity index is 0.000000417. The highest BCUT2D eigenvalue weighted by Crippen LogP contribution is 2.39. The zero-order valence-electron chi connectivity index (χ0n) is 32.6. The maximum Gasteiger partial charge on any atom is 0.407 e. The number of hydrogen-bond acceptors (Lipinski definition) is 11. The molecule has 7 N–H and O–H groups in total. The van der Waals surface area contributed by atoms with E-state index in [1.54, 1.807) is 32.9 Å². The fourth-order valence-electron chi connectivity index (χ4n) is 5.40. The molecule has 62 heavy (non-hydrogen) atoms. The number of amides is 1. The van der Waals surface area contributed by atoms with E-state index in [-0.39, 0.29) is 62.6 Å². The predicted octanol–water partition coefficient (Wildman–Crippen LogP) is 11.9. The smallest absolute Gasteiger partial charge is 0.407 e. The molecule has 0 saturated carbocycles. The quantitative estimate of drug-likeness (QED) is 0.0621. The minimum atomic E-state index is -1.01. The van der Waals surface area contributed by atoms with Gasteiger partial charge < -0.3 is 36.6 Å². The van der Waals surface area contributed by atoms with Gasteiger partial charge in [-0.3, -0.25) is 0 Å². The molecule has 0 spiro atoms. The molecule has 2 aromatic heterocycles. The van der Waals surface area contributed by atoms with Crippen molar-refractivity contribution in [2.75, 3.05) is 23.7 Å². The summed E-state index contributed by atoms with van der Waals surface area (Å²) < 4.78 is 58.6. The minimum Gasteiger partial charge on any atom is -0.492 e. The van der Waals surface area contributed by atoms with Crippen molar-refractivity contribution in [2.45, 2.75) is 58.7 Å². The summed E-state index contributed by atoms with van der Waals surface area (Å²) in [7, 11) is 0. The van der Waals surface area contributed by atoms with E-state index in [2.05, 4.69) is 25.9 Å². The van der Waals surface area contributed by atoms with Crippen LogP contribution in [0.5, 0.6) is 11.8 Å². The summed E-state index contributed by atoms with van der Waals surface area (Å²) in [5.74, 6) is -4.45. The van der Waals surface area contributed by atoms with Crippen molar-refractivity contribution < 1.29 is 37.3 Å². The van der Waals surface area contributed by atoms with E-state index in [9.17, 15) is 32.6 Å². The van der Waals surface area contributed by atoms with Gasteiger partial charge in [-0.15, -0.1) is 24.8 Å². The van der Waals surface area contributed by atoms with Crippen molar-refractivity contribution in [3.8, 4) is 32.6 Å². The number of nitrogens with two attached hydrogens (primary N) is 1. The average Bonchev–Trinajstić information content (AvgIpc) is 3.74. The molecule has 0 aliphatic rings. The third-order valence-corrected chi connectivity index (χ3v) is 10.7. The molecule has 0 saturated heterocycles. The monoisotopic (exact) mass is 978 g/mol. The number of ether oxygens (including phenoxy) is 1. The van der Waals surface area contributed by atoms with Gasteiger partial charge in [0.25, 0.3) is 0 Å². The van der Waals surface area contributed by atoms with Crippen molar-refractivity contribution in [2.24, 2.45) is 5.73 Å². The number of benzene rings is 4. The second-order valence-electron chi connectivity index (χ2n) is 14.1. The molecule has 0 radical (unpaired) electrons. The molecule has 1 amide bonds. The van der Waals surface area contributed by atoms with Crippen molar-refractivity contribution >= 4 is 87.0 Å². The average molecular weight is 981 g/mol. The van der Waals surface area contributed by atoms with Crippen LogP contribution in [0.25, 0.3) is 20.9 Å². The number of nitrogens with one attached hydrogen (secondary N) is 3. The molecule has 2 atom stereocenters. The SMILES string of the molecule is C.CC(C)(C)OC(=O)N[C@H](CNc1nc(O)c(-c2ccc(F)c(F)c2)s1)Cc1ccc(Cl)cc1.Cl.Cl.N[C@H](CNc1nc(O)c(-c2ccc(F)c(F)c2)s1)Cc1ccc(Cl)cc1. The Hall–Kier alpha value is -4.55. The minimum absolute atomic E-state index is 0. The maximum atomic E-state index is 13.6. The Bertz CT molecular complexity index is 2350. The summed E-state index contributed by atoms with van der Waals surface area (Å²) >= 11 is 14.0. The van der Waals surface area contributed by atoms with Crippen LogP contribution >= 0.6 is 70.7 Å². The Morgan fingerprint density at radius 2 is 1.13 bits per heavy atom. The first-order valence-electron chi connectivity index (χ1n) is 17.9. The van der Waals surface area contributed by atoms with E-state index in [4.69, 9.17) is 33.7 Å². The lowest BCUT2D eigenvalue weighted by molar-refractivity contribution is 0.0507. The van der Waals surface area contributed by atoms with Gasteiger partial charge in [0.05, 0.1) is 15.8 Å². The van der Waals surface area contributed by atoms with E-state index in [1.807, 2.05) is 36.4 Å². The number of halogens is 8. The van der Waals surface area contributed by atoms with Crippen LogP contribution in [-0.4, -0.2) is 57.0 Å². The largest absolute Gasteiger partial charge is 0.492 e. The molecule has 0 unspecified atom stereocenters. The molecule has 0 bridgehead atoms. The van der Waals surface area contributed by atoms with Crippen molar-refractivity contribution in [3.63, 3.8) is 0 Å². The molecule has 4 aromatic carbocycles. The lowest BCUT2D eigenvalue weighted by atomic mass is 10.1. The van der Waals surface area contributed by atoms with Gasteiger partial charge in [-0.1, -0.05) is 89.7 Å². The molecule has 6 rings (SSSR count). The Morgan fingerprint density at radius 3 is 1.55 bits per heavy atom. The number of rotatable bonds is 13. The van der Waals surface area contributed by atoms with Gasteiger partial charge in [0.15, 0.2) is 33.5 Å². The van der Waals surface area contributed by atoms with Gasteiger partial charge in [-0.25, -0.2) is 22.4 Å². The highest BCUT2D eigenvalue weighted by molar-refractivity contribution is 7.19. The first kappa shape index (κ1) is 53.6. The number of aromatic hydroxyl groups is 2. The zero-order valence-corrected chi connectivity index (χ0v) is 37.4. The van der Waals surface area contributed by atoms with Gasteiger partial charge in [-0.05, 0) is 93.3 Å². The van der Waals surface area contributed by atoms with Gasteiger partial charge in [0.1, 0.15) is 5.60 Å². The van der Waals surface area contributed by atoms with Gasteiger partial charge in [0.2, 0.25) is 11.8 Å². The highest BCUT2D eigenvalue weighted by Gasteiger charge is 2.22. The molecule has 6 aromatic rings. The van der Waals surface area contributed by atoms with Crippen LogP contribution in [-0.2, 0) is 17.6 Å². The van der Waals surface area contributed by atoms with E-state index >= 15 is 0 Å². The predicted molar refractivity (Wildman–Crippen MR) is 248 cm³/mol. The first-order valence-corrected chi connectivity index (χ1v) is 20.3. The fourth-order valence-corrected chi connectivity index (χ4v) is 7.38. The summed E-state index contributed by atoms with van der Waals surface area (Å²) in [5, 5.41) is 31.2. The van der Waals surface area contributed by atoms with Crippen LogP contribution in [0.3, 0.4) is 0 Å². The second kappa shape index (κ2) is 24.3. The van der Waals surface area contributed by atoms with Crippen molar-refractivity contribution in [1.82, 2.24) is 15.3 Å². The van der Waals surface area contributed by atoms with Crippen molar-refractivity contribution in [3.05, 3.63) is 129 Å². The number of alkyl carbamates (subject to hydrolysis) is 1. The fraction of sp³-hybridized carbons (Fsp3) is 0.262. The van der Waals surface area contributed by atoms with Gasteiger partial charge in [0, 0.05) is 40.3 Å². The van der Waals surface area contributed by atoms with Crippen molar-refractivity contribution in [1.29, 1.82) is 0 Å². The van der Waals surface area contributed by atoms with E-state index in [0.29, 0.717) is 60.6 Å². The Kier molecular flexibility index (Phi) is 21.0. The molecule has 0 aliphatic heterocycles. The molecule has 20 heteroatoms. The maximum absolute atomic E-state index is 13.6. The third-order valence-electron chi connectivity index (χ3n) is 8.12. The lowest BCUT2D eigenvalue weighted by Gasteiger charge is -2.24. The number of carbonyl (C=O) groups excluding carboxylic acids is 1. The van der Waals surface area contributed by atoms with E-state index in [1.165, 1.54) is 12.1 Å². The molecule has 336 valence electrons. The van der Waals surface area contributed by atoms with Crippen LogP contribution in [0, 0.1) is 23.3 Å². The van der Waals surface area contributed by atoms with Crippen LogP contribution in [0.1, 0.15) is 39.3 Å². The first-order chi connectivity index (χ1) is 27.9. The number of anilines is 2. The zero-order chi connectivity index (χ0) is 42.9. The second-order valence-corrected chi connectivity index (χ2v) is 17.0. The van der Waals surface area contributed by atoms with Crippen LogP contribution in [0.2, 0.25) is 10.0 Å². The summed E-state index contributed by atoms with van der Waals surface area (Å²) in [4.78, 5) is 21.0. The Labute approximate surface area is 387 Å². The summed E-state index contributed by atoms with van der Waals surface area (Å²) in [6.07, 6.45) is 0.571. The lowest BCUT2D eigenvalue weighted by Crippen LogP contribution is -2.43. The van der Waals surface area contributed by atoms with Crippen LogP contribution in [0.4, 0.5) is 32.6 Å². The summed E-state index contributed by atoms with van der Waals surface area (Å²) in [5.41, 5.74) is 8.14. The van der Waals surface area contributed by atoms with Crippen LogP contribution < -0.4 is 21.7 Å². The molecule has 0 fully saturated rings. The molecular formula is C42H46Cl4F4N6O4S2. The number of thiazole rings is 2. The van der Waals surface area contributed by atoms with E-state index in [0.717, 1.165) is 58.1 Å². The molecular weight excluding hydrogens is 934 g/mol. The normalized spacial score (nSPS) is 11.6. The summed E-state index contributed by atoms with van der Waals surface area (Å²) in [6, 6.07) is 20.9. The molecule has 2 heterocycles. The Morgan fingerprint density at radius 1 is 0.710 bits per heavy atom. The number of hydrogen-bond donors (Lipinski definition) is 6.